The Hall–Kier alpha value is -1.84. The third-order valence-electron chi connectivity index (χ3n) is 4.73. The van der Waals surface area contributed by atoms with Crippen molar-refractivity contribution >= 4 is 11.9 Å². The molecule has 21 heavy (non-hydrogen) atoms. The lowest BCUT2D eigenvalue weighted by molar-refractivity contribution is -0.148. The number of carbonyl (C=O) groups is 2. The van der Waals surface area contributed by atoms with Crippen molar-refractivity contribution in [3.63, 3.8) is 0 Å². The molecular formula is C17H23NO3. The van der Waals surface area contributed by atoms with Gasteiger partial charge in [0, 0.05) is 5.56 Å². The Morgan fingerprint density at radius 2 is 1.86 bits per heavy atom. The van der Waals surface area contributed by atoms with Crippen LogP contribution in [0.15, 0.2) is 18.2 Å². The van der Waals surface area contributed by atoms with Gasteiger partial charge in [0.2, 0.25) is 0 Å². The predicted octanol–water partition coefficient (Wildman–Crippen LogP) is 3.07. The lowest BCUT2D eigenvalue weighted by Crippen LogP contribution is -2.60. The molecule has 1 aromatic rings. The molecule has 0 heterocycles. The molecule has 2 atom stereocenters. The summed E-state index contributed by atoms with van der Waals surface area (Å²) in [6.45, 7) is 5.66. The second-order valence-corrected chi connectivity index (χ2v) is 6.14. The maximum Gasteiger partial charge on any atom is 0.329 e. The number of aliphatic carboxylic acids is 1. The largest absolute Gasteiger partial charge is 0.479 e. The second-order valence-electron chi connectivity index (χ2n) is 6.14. The Morgan fingerprint density at radius 1 is 1.24 bits per heavy atom. The number of carbonyl (C=O) groups excluding carboxylic acids is 1. The zero-order chi connectivity index (χ0) is 15.6. The third kappa shape index (κ3) is 2.80. The smallest absolute Gasteiger partial charge is 0.329 e. The number of benzene rings is 1. The van der Waals surface area contributed by atoms with E-state index in [1.165, 1.54) is 0 Å². The molecule has 114 valence electrons. The lowest BCUT2D eigenvalue weighted by atomic mass is 9.73. The summed E-state index contributed by atoms with van der Waals surface area (Å²) in [6.07, 6.45) is 3.19. The molecule has 0 saturated heterocycles. The van der Waals surface area contributed by atoms with Gasteiger partial charge < -0.3 is 10.4 Å². The molecule has 2 rings (SSSR count). The van der Waals surface area contributed by atoms with E-state index in [-0.39, 0.29) is 11.8 Å². The van der Waals surface area contributed by atoms with E-state index in [9.17, 15) is 14.7 Å². The fourth-order valence-corrected chi connectivity index (χ4v) is 3.34. The van der Waals surface area contributed by atoms with Crippen LogP contribution in [0, 0.1) is 19.8 Å². The summed E-state index contributed by atoms with van der Waals surface area (Å²) < 4.78 is 0. The maximum atomic E-state index is 12.6. The first-order chi connectivity index (χ1) is 9.88. The number of carboxylic acid groups (broad SMARTS) is 1. The lowest BCUT2D eigenvalue weighted by Gasteiger charge is -2.39. The quantitative estimate of drug-likeness (QED) is 0.898. The molecule has 1 saturated carbocycles. The Bertz CT molecular complexity index is 547. The third-order valence-corrected chi connectivity index (χ3v) is 4.73. The van der Waals surface area contributed by atoms with Gasteiger partial charge in [0.05, 0.1) is 0 Å². The van der Waals surface area contributed by atoms with Gasteiger partial charge in [-0.1, -0.05) is 38.0 Å². The molecular weight excluding hydrogens is 266 g/mol. The van der Waals surface area contributed by atoms with Crippen LogP contribution in [0.25, 0.3) is 0 Å². The molecule has 1 aliphatic rings. The van der Waals surface area contributed by atoms with Crippen LogP contribution in [0.3, 0.4) is 0 Å². The molecule has 1 aromatic carbocycles. The molecule has 0 aromatic heterocycles. The van der Waals surface area contributed by atoms with E-state index < -0.39 is 11.5 Å². The molecule has 1 fully saturated rings. The molecule has 1 amide bonds. The van der Waals surface area contributed by atoms with Crippen LogP contribution in [0.5, 0.6) is 0 Å². The maximum absolute atomic E-state index is 12.6. The van der Waals surface area contributed by atoms with E-state index in [0.717, 1.165) is 30.4 Å². The summed E-state index contributed by atoms with van der Waals surface area (Å²) in [5, 5.41) is 12.5. The summed E-state index contributed by atoms with van der Waals surface area (Å²) in [5.74, 6) is -1.26. The number of carboxylic acids is 1. The van der Waals surface area contributed by atoms with Gasteiger partial charge in [-0.05, 0) is 43.7 Å². The molecule has 1 aliphatic carbocycles. The number of hydrogen-bond acceptors (Lipinski definition) is 2. The van der Waals surface area contributed by atoms with Gasteiger partial charge in [0.25, 0.3) is 5.91 Å². The molecule has 2 unspecified atom stereocenters. The minimum absolute atomic E-state index is 0.0583. The SMILES string of the molecule is Cc1cccc(C)c1C(=O)NC1(C(=O)O)CCCCC1C. The molecule has 0 bridgehead atoms. The molecule has 4 nitrogen and oxygen atoms in total. The van der Waals surface area contributed by atoms with E-state index in [4.69, 9.17) is 0 Å². The van der Waals surface area contributed by atoms with Gasteiger partial charge >= 0.3 is 5.97 Å². The molecule has 4 heteroatoms. The van der Waals surface area contributed by atoms with Gasteiger partial charge in [-0.15, -0.1) is 0 Å². The summed E-state index contributed by atoms with van der Waals surface area (Å²) in [5.41, 5.74) is 1.20. The van der Waals surface area contributed by atoms with Crippen molar-refractivity contribution in [3.8, 4) is 0 Å². The first-order valence-electron chi connectivity index (χ1n) is 7.50. The molecule has 0 radical (unpaired) electrons. The van der Waals surface area contributed by atoms with Crippen LogP contribution in [0.2, 0.25) is 0 Å². The van der Waals surface area contributed by atoms with Gasteiger partial charge in [-0.25, -0.2) is 4.79 Å². The van der Waals surface area contributed by atoms with Crippen LogP contribution in [0.1, 0.15) is 54.1 Å². The van der Waals surface area contributed by atoms with Crippen molar-refractivity contribution < 1.29 is 14.7 Å². The molecule has 0 aliphatic heterocycles. The minimum atomic E-state index is -1.13. The van der Waals surface area contributed by atoms with Crippen LogP contribution in [-0.2, 0) is 4.79 Å². The van der Waals surface area contributed by atoms with Crippen molar-refractivity contribution in [1.29, 1.82) is 0 Å². The zero-order valence-electron chi connectivity index (χ0n) is 12.9. The summed E-state index contributed by atoms with van der Waals surface area (Å²) in [4.78, 5) is 24.4. The Morgan fingerprint density at radius 3 is 2.38 bits per heavy atom. The highest BCUT2D eigenvalue weighted by Crippen LogP contribution is 2.34. The van der Waals surface area contributed by atoms with Crippen LogP contribution in [0.4, 0.5) is 0 Å². The minimum Gasteiger partial charge on any atom is -0.479 e. The predicted molar refractivity (Wildman–Crippen MR) is 81.4 cm³/mol. The highest BCUT2D eigenvalue weighted by molar-refractivity contribution is 6.00. The fourth-order valence-electron chi connectivity index (χ4n) is 3.34. The number of hydrogen-bond donors (Lipinski definition) is 2. The van der Waals surface area contributed by atoms with Gasteiger partial charge in [-0.2, -0.15) is 0 Å². The van der Waals surface area contributed by atoms with Crippen LogP contribution < -0.4 is 5.32 Å². The van der Waals surface area contributed by atoms with Crippen molar-refractivity contribution in [2.24, 2.45) is 5.92 Å². The Labute approximate surface area is 125 Å². The average Bonchev–Trinajstić information content (AvgIpc) is 2.41. The number of amides is 1. The highest BCUT2D eigenvalue weighted by Gasteiger charge is 2.46. The number of aryl methyl sites for hydroxylation is 2. The van der Waals surface area contributed by atoms with E-state index >= 15 is 0 Å². The van der Waals surface area contributed by atoms with Crippen molar-refractivity contribution in [3.05, 3.63) is 34.9 Å². The van der Waals surface area contributed by atoms with E-state index in [1.54, 1.807) is 0 Å². The Balaban J connectivity index is 2.33. The van der Waals surface area contributed by atoms with Gasteiger partial charge in [0.1, 0.15) is 5.54 Å². The summed E-state index contributed by atoms with van der Waals surface area (Å²) >= 11 is 0. The van der Waals surface area contributed by atoms with Gasteiger partial charge in [-0.3, -0.25) is 4.79 Å². The monoisotopic (exact) mass is 289 g/mol. The topological polar surface area (TPSA) is 66.4 Å². The normalized spacial score (nSPS) is 25.4. The first-order valence-corrected chi connectivity index (χ1v) is 7.50. The van der Waals surface area contributed by atoms with Crippen molar-refractivity contribution in [2.75, 3.05) is 0 Å². The molecule has 2 N–H and O–H groups in total. The average molecular weight is 289 g/mol. The number of rotatable bonds is 3. The second kappa shape index (κ2) is 5.88. The highest BCUT2D eigenvalue weighted by atomic mass is 16.4. The van der Waals surface area contributed by atoms with Crippen molar-refractivity contribution in [1.82, 2.24) is 5.32 Å². The number of nitrogens with one attached hydrogen (secondary N) is 1. The standard InChI is InChI=1S/C17H23NO3/c1-11-7-6-8-12(2)14(11)15(19)18-17(16(20)21)10-5-4-9-13(17)3/h6-8,13H,4-5,9-10H2,1-3H3,(H,18,19)(H,20,21). The van der Waals surface area contributed by atoms with Crippen LogP contribution in [-0.4, -0.2) is 22.5 Å². The van der Waals surface area contributed by atoms with E-state index in [1.807, 2.05) is 39.0 Å². The van der Waals surface area contributed by atoms with Crippen molar-refractivity contribution in [2.45, 2.75) is 52.0 Å². The van der Waals surface area contributed by atoms with Crippen LogP contribution >= 0.6 is 0 Å². The van der Waals surface area contributed by atoms with Gasteiger partial charge in [0.15, 0.2) is 0 Å². The Kier molecular flexibility index (Phi) is 4.35. The fraction of sp³-hybridized carbons (Fsp3) is 0.529. The van der Waals surface area contributed by atoms with E-state index in [2.05, 4.69) is 5.32 Å². The summed E-state index contributed by atoms with van der Waals surface area (Å²) in [6, 6.07) is 5.65. The first kappa shape index (κ1) is 15.5. The zero-order valence-corrected chi connectivity index (χ0v) is 12.9. The molecule has 0 spiro atoms. The summed E-state index contributed by atoms with van der Waals surface area (Å²) in [7, 11) is 0. The van der Waals surface area contributed by atoms with E-state index in [0.29, 0.717) is 12.0 Å².